The Labute approximate surface area is 188 Å². The monoisotopic (exact) mass is 483 g/mol. The van der Waals surface area contributed by atoms with Gasteiger partial charge in [-0.2, -0.15) is 0 Å². The van der Waals surface area contributed by atoms with Crippen molar-refractivity contribution in [1.29, 1.82) is 0 Å². The van der Waals surface area contributed by atoms with E-state index in [0.717, 1.165) is 16.2 Å². The smallest absolute Gasteiger partial charge is 0.352 e. The van der Waals surface area contributed by atoms with Crippen LogP contribution in [0.15, 0.2) is 22.3 Å². The third-order valence-corrected chi connectivity index (χ3v) is 6.10. The fourth-order valence-corrected chi connectivity index (χ4v) is 4.65. The second-order valence-corrected chi connectivity index (χ2v) is 8.10. The van der Waals surface area contributed by atoms with Gasteiger partial charge in [0.15, 0.2) is 10.8 Å². The molecule has 1 aromatic rings. The number of rotatable bonds is 10. The number of ether oxygens (including phenoxy) is 1. The number of thioether (sulfide) groups is 1. The van der Waals surface area contributed by atoms with Gasteiger partial charge in [-0.25, -0.2) is 14.6 Å². The van der Waals surface area contributed by atoms with Crippen molar-refractivity contribution in [3.63, 3.8) is 0 Å². The molecule has 1 saturated heterocycles. The number of carbonyl (C=O) groups excluding carboxylic acids is 4. The van der Waals surface area contributed by atoms with Crippen molar-refractivity contribution in [2.45, 2.75) is 18.3 Å². The van der Waals surface area contributed by atoms with Crippen molar-refractivity contribution >= 4 is 64.1 Å². The summed E-state index contributed by atoms with van der Waals surface area (Å²) in [4.78, 5) is 68.8. The molecule has 13 nitrogen and oxygen atoms in total. The van der Waals surface area contributed by atoms with Gasteiger partial charge in [-0.05, 0) is 13.0 Å². The highest BCUT2D eigenvalue weighted by molar-refractivity contribution is 8.00. The standard InChI is InChI=1S/C17H17N5O8S2/c1-2-29-10(24)5-30-21-11(8-6-32-17(19-8)18-7-23)13(25)20-12-14(26)22-9(16(27)28)3-4-31-15(12)22/h3,6-7,12,15H,2,4-5H2,1H3,(H,20,25)(H,27,28)(H,18,19,23)/t12?,15-/m1/s1. The van der Waals surface area contributed by atoms with Crippen LogP contribution in [0.3, 0.4) is 0 Å². The molecule has 170 valence electrons. The number of hydrogen-bond donors (Lipinski definition) is 3. The molecule has 2 atom stereocenters. The van der Waals surface area contributed by atoms with Gasteiger partial charge in [0.2, 0.25) is 13.0 Å². The lowest BCUT2D eigenvalue weighted by molar-refractivity contribution is -0.150. The predicted octanol–water partition coefficient (Wildman–Crippen LogP) is -0.636. The van der Waals surface area contributed by atoms with Crippen LogP contribution in [0.1, 0.15) is 12.6 Å². The summed E-state index contributed by atoms with van der Waals surface area (Å²) in [5.74, 6) is -2.99. The van der Waals surface area contributed by atoms with Gasteiger partial charge >= 0.3 is 11.9 Å². The fourth-order valence-electron chi connectivity index (χ4n) is 2.80. The van der Waals surface area contributed by atoms with Crippen LogP contribution in [-0.4, -0.2) is 81.2 Å². The summed E-state index contributed by atoms with van der Waals surface area (Å²) >= 11 is 2.30. The van der Waals surface area contributed by atoms with Crippen molar-refractivity contribution in [2.24, 2.45) is 5.16 Å². The number of esters is 1. The molecule has 0 aliphatic carbocycles. The summed E-state index contributed by atoms with van der Waals surface area (Å²) in [6, 6.07) is -0.989. The predicted molar refractivity (Wildman–Crippen MR) is 112 cm³/mol. The van der Waals surface area contributed by atoms with E-state index < -0.39 is 41.8 Å². The van der Waals surface area contributed by atoms with E-state index >= 15 is 0 Å². The van der Waals surface area contributed by atoms with E-state index in [1.807, 2.05) is 0 Å². The van der Waals surface area contributed by atoms with E-state index in [0.29, 0.717) is 12.2 Å². The number of oxime groups is 1. The Morgan fingerprint density at radius 2 is 2.22 bits per heavy atom. The zero-order chi connectivity index (χ0) is 23.3. The van der Waals surface area contributed by atoms with Crippen molar-refractivity contribution in [1.82, 2.24) is 15.2 Å². The first-order valence-corrected chi connectivity index (χ1v) is 11.0. The lowest BCUT2D eigenvalue weighted by Gasteiger charge is -2.48. The Kier molecular flexibility index (Phi) is 7.42. The van der Waals surface area contributed by atoms with Gasteiger partial charge < -0.3 is 25.3 Å². The molecule has 0 saturated carbocycles. The van der Waals surface area contributed by atoms with Crippen LogP contribution in [0, 0.1) is 0 Å². The highest BCUT2D eigenvalue weighted by Gasteiger charge is 2.53. The number of nitrogens with zero attached hydrogens (tertiary/aromatic N) is 3. The normalized spacial score (nSPS) is 19.8. The molecule has 0 spiro atoms. The number of aromatic nitrogens is 1. The van der Waals surface area contributed by atoms with Gasteiger partial charge in [-0.3, -0.25) is 19.3 Å². The van der Waals surface area contributed by atoms with Gasteiger partial charge in [0.1, 0.15) is 22.8 Å². The minimum Gasteiger partial charge on any atom is -0.477 e. The van der Waals surface area contributed by atoms with Crippen LogP contribution in [0.25, 0.3) is 0 Å². The Balaban J connectivity index is 1.75. The number of β-lactam (4-membered cyclic amide) rings is 1. The second-order valence-electron chi connectivity index (χ2n) is 6.10. The molecule has 32 heavy (non-hydrogen) atoms. The van der Waals surface area contributed by atoms with Crippen molar-refractivity contribution in [2.75, 3.05) is 24.3 Å². The maximum absolute atomic E-state index is 12.9. The van der Waals surface area contributed by atoms with Crippen LogP contribution < -0.4 is 10.6 Å². The Morgan fingerprint density at radius 3 is 2.91 bits per heavy atom. The zero-order valence-electron chi connectivity index (χ0n) is 16.5. The van der Waals surface area contributed by atoms with Gasteiger partial charge in [0.05, 0.1) is 6.61 Å². The molecule has 3 amide bonds. The van der Waals surface area contributed by atoms with E-state index in [4.69, 9.17) is 9.57 Å². The number of fused-ring (bicyclic) bond motifs is 1. The average Bonchev–Trinajstić information content (AvgIpc) is 3.22. The summed E-state index contributed by atoms with van der Waals surface area (Å²) in [6.45, 7) is 1.19. The van der Waals surface area contributed by atoms with Crippen LogP contribution in [0.4, 0.5) is 5.13 Å². The van der Waals surface area contributed by atoms with Crippen molar-refractivity contribution < 1.29 is 38.7 Å². The molecule has 2 aliphatic heterocycles. The van der Waals surface area contributed by atoms with E-state index in [-0.39, 0.29) is 28.8 Å². The lowest BCUT2D eigenvalue weighted by atomic mass is 10.0. The molecule has 3 N–H and O–H groups in total. The fraction of sp³-hybridized carbons (Fsp3) is 0.353. The molecule has 0 bridgehead atoms. The minimum absolute atomic E-state index is 0.0340. The summed E-state index contributed by atoms with van der Waals surface area (Å²) in [7, 11) is 0. The van der Waals surface area contributed by atoms with Gasteiger partial charge in [-0.1, -0.05) is 5.16 Å². The van der Waals surface area contributed by atoms with E-state index in [9.17, 15) is 29.1 Å². The molecule has 15 heteroatoms. The molecule has 3 heterocycles. The lowest BCUT2D eigenvalue weighted by Crippen LogP contribution is -2.70. The van der Waals surface area contributed by atoms with Crippen LogP contribution >= 0.6 is 23.1 Å². The molecule has 0 radical (unpaired) electrons. The molecule has 1 unspecified atom stereocenters. The third-order valence-electron chi connectivity index (χ3n) is 4.14. The average molecular weight is 483 g/mol. The Morgan fingerprint density at radius 1 is 1.44 bits per heavy atom. The number of amides is 3. The summed E-state index contributed by atoms with van der Waals surface area (Å²) in [6.07, 6.45) is 1.83. The number of nitrogens with one attached hydrogen (secondary N) is 2. The first-order chi connectivity index (χ1) is 15.4. The summed E-state index contributed by atoms with van der Waals surface area (Å²) < 4.78 is 4.72. The van der Waals surface area contributed by atoms with Gasteiger partial charge in [0, 0.05) is 11.1 Å². The van der Waals surface area contributed by atoms with E-state index in [1.165, 1.54) is 23.2 Å². The third kappa shape index (κ3) is 4.88. The Hall–Kier alpha value is -3.46. The first kappa shape index (κ1) is 23.2. The number of hydrogen-bond acceptors (Lipinski definition) is 11. The SMILES string of the molecule is CCOC(=O)CON=C(C(=O)NC1C(=O)N2C(C(=O)O)=CCS[C@H]12)c1csc(NC=O)n1. The van der Waals surface area contributed by atoms with Gasteiger partial charge in [-0.15, -0.1) is 23.1 Å². The number of thiazole rings is 1. The van der Waals surface area contributed by atoms with Crippen LogP contribution in [-0.2, 0) is 33.5 Å². The number of aliphatic carboxylic acids is 1. The molecule has 0 aromatic carbocycles. The maximum atomic E-state index is 12.9. The largest absolute Gasteiger partial charge is 0.477 e. The molecular formula is C17H17N5O8S2. The number of anilines is 1. The van der Waals surface area contributed by atoms with E-state index in [2.05, 4.69) is 20.8 Å². The quantitative estimate of drug-likeness (QED) is 0.128. The van der Waals surface area contributed by atoms with Crippen LogP contribution in [0.5, 0.6) is 0 Å². The maximum Gasteiger partial charge on any atom is 0.352 e. The number of carbonyl (C=O) groups is 5. The molecule has 1 fully saturated rings. The van der Waals surface area contributed by atoms with Crippen LogP contribution in [0.2, 0.25) is 0 Å². The minimum atomic E-state index is -1.24. The number of carboxylic acid groups (broad SMARTS) is 1. The molecular weight excluding hydrogens is 466 g/mol. The highest BCUT2D eigenvalue weighted by atomic mass is 32.2. The molecule has 3 rings (SSSR count). The van der Waals surface area contributed by atoms with E-state index in [1.54, 1.807) is 6.92 Å². The summed E-state index contributed by atoms with van der Waals surface area (Å²) in [5, 5.41) is 18.8. The van der Waals surface area contributed by atoms with Crippen molar-refractivity contribution in [3.05, 3.63) is 22.8 Å². The molecule has 1 aromatic heterocycles. The second kappa shape index (κ2) is 10.2. The Bertz CT molecular complexity index is 1010. The topological polar surface area (TPSA) is 177 Å². The summed E-state index contributed by atoms with van der Waals surface area (Å²) in [5.41, 5.74) is -0.447. The first-order valence-electron chi connectivity index (χ1n) is 9.08. The van der Waals surface area contributed by atoms with Gasteiger partial charge in [0.25, 0.3) is 11.8 Å². The number of carboxylic acids is 1. The van der Waals surface area contributed by atoms with Crippen molar-refractivity contribution in [3.8, 4) is 0 Å². The zero-order valence-corrected chi connectivity index (χ0v) is 18.1. The molecule has 2 aliphatic rings. The highest BCUT2D eigenvalue weighted by Crippen LogP contribution is 2.37.